The molecule has 0 aliphatic carbocycles. The fraction of sp³-hybridized carbons (Fsp3) is 0.0556. The van der Waals surface area contributed by atoms with Crippen molar-refractivity contribution in [1.29, 1.82) is 0 Å². The molecule has 0 fully saturated rings. The summed E-state index contributed by atoms with van der Waals surface area (Å²) in [5, 5.41) is 6.64. The van der Waals surface area contributed by atoms with E-state index in [1.807, 2.05) is 48.0 Å². The molecular formula is C18H14N4OS. The third-order valence-corrected chi connectivity index (χ3v) is 4.64. The molecule has 4 aromatic rings. The summed E-state index contributed by atoms with van der Waals surface area (Å²) < 4.78 is 0. The van der Waals surface area contributed by atoms with Crippen molar-refractivity contribution in [3.05, 3.63) is 58.5 Å². The van der Waals surface area contributed by atoms with Gasteiger partial charge in [0.1, 0.15) is 0 Å². The van der Waals surface area contributed by atoms with E-state index < -0.39 is 0 Å². The molecule has 5 nitrogen and oxygen atoms in total. The standard InChI is InChI=1S/C18H14N4OS/c1-19-18(23)17-16-13(6-7-20-17)14-9-11(4-5-15(14)22-16)21-10-12-3-2-8-24-12/h2-10,22H,1H3,(H,19,23). The van der Waals surface area contributed by atoms with Gasteiger partial charge in [-0.15, -0.1) is 11.3 Å². The van der Waals surface area contributed by atoms with Crippen molar-refractivity contribution in [2.24, 2.45) is 4.99 Å². The number of nitrogens with zero attached hydrogens (tertiary/aromatic N) is 2. The Labute approximate surface area is 142 Å². The van der Waals surface area contributed by atoms with E-state index in [0.717, 1.165) is 32.4 Å². The molecule has 1 amide bonds. The van der Waals surface area contributed by atoms with Crippen molar-refractivity contribution in [2.75, 3.05) is 7.05 Å². The van der Waals surface area contributed by atoms with Gasteiger partial charge >= 0.3 is 0 Å². The molecule has 0 bridgehead atoms. The van der Waals surface area contributed by atoms with Crippen LogP contribution >= 0.6 is 11.3 Å². The van der Waals surface area contributed by atoms with Crippen LogP contribution in [0.15, 0.2) is 53.0 Å². The summed E-state index contributed by atoms with van der Waals surface area (Å²) in [6, 6.07) is 11.9. The molecule has 118 valence electrons. The minimum absolute atomic E-state index is 0.205. The fourth-order valence-electron chi connectivity index (χ4n) is 2.69. The Morgan fingerprint density at radius 1 is 1.29 bits per heavy atom. The van der Waals surface area contributed by atoms with Gasteiger partial charge < -0.3 is 10.3 Å². The number of carbonyl (C=O) groups excluding carboxylic acids is 1. The average Bonchev–Trinajstić information content (AvgIpc) is 3.26. The zero-order valence-corrected chi connectivity index (χ0v) is 13.7. The summed E-state index contributed by atoms with van der Waals surface area (Å²) in [7, 11) is 1.60. The number of aromatic amines is 1. The zero-order valence-electron chi connectivity index (χ0n) is 12.9. The molecule has 0 unspecified atom stereocenters. The number of aliphatic imine (C=N–C) groups is 1. The second-order valence-corrected chi connectivity index (χ2v) is 6.27. The largest absolute Gasteiger partial charge is 0.354 e. The average molecular weight is 334 g/mol. The smallest absolute Gasteiger partial charge is 0.271 e. The molecule has 24 heavy (non-hydrogen) atoms. The monoisotopic (exact) mass is 334 g/mol. The highest BCUT2D eigenvalue weighted by molar-refractivity contribution is 7.11. The molecule has 0 saturated heterocycles. The van der Waals surface area contributed by atoms with Gasteiger partial charge in [0, 0.05) is 40.6 Å². The van der Waals surface area contributed by atoms with Crippen LogP contribution in [0.2, 0.25) is 0 Å². The van der Waals surface area contributed by atoms with E-state index in [1.54, 1.807) is 24.6 Å². The topological polar surface area (TPSA) is 70.1 Å². The molecule has 4 rings (SSSR count). The van der Waals surface area contributed by atoms with E-state index in [1.165, 1.54) is 0 Å². The number of rotatable bonds is 3. The SMILES string of the molecule is CNC(=O)c1nccc2c1[nH]c1ccc(N=Cc3cccs3)cc12. The Bertz CT molecular complexity index is 1060. The summed E-state index contributed by atoms with van der Waals surface area (Å²) >= 11 is 1.65. The third-order valence-electron chi connectivity index (χ3n) is 3.83. The van der Waals surface area contributed by atoms with E-state index in [4.69, 9.17) is 0 Å². The number of aromatic nitrogens is 2. The van der Waals surface area contributed by atoms with Crippen LogP contribution in [0.5, 0.6) is 0 Å². The molecule has 0 saturated carbocycles. The molecular weight excluding hydrogens is 320 g/mol. The van der Waals surface area contributed by atoms with E-state index in [9.17, 15) is 4.79 Å². The van der Waals surface area contributed by atoms with Gasteiger partial charge in [0.15, 0.2) is 5.69 Å². The molecule has 6 heteroatoms. The molecule has 0 aliphatic heterocycles. The number of hydrogen-bond acceptors (Lipinski definition) is 4. The maximum atomic E-state index is 12.0. The van der Waals surface area contributed by atoms with Gasteiger partial charge in [-0.2, -0.15) is 0 Å². The van der Waals surface area contributed by atoms with Crippen molar-refractivity contribution in [1.82, 2.24) is 15.3 Å². The van der Waals surface area contributed by atoms with Crippen molar-refractivity contribution < 1.29 is 4.79 Å². The van der Waals surface area contributed by atoms with Crippen LogP contribution in [0.1, 0.15) is 15.4 Å². The minimum Gasteiger partial charge on any atom is -0.354 e. The first-order valence-corrected chi connectivity index (χ1v) is 8.34. The predicted molar refractivity (Wildman–Crippen MR) is 98.6 cm³/mol. The van der Waals surface area contributed by atoms with Crippen LogP contribution in [0, 0.1) is 0 Å². The lowest BCUT2D eigenvalue weighted by molar-refractivity contribution is 0.0960. The number of H-pyrrole nitrogens is 1. The Balaban J connectivity index is 1.84. The van der Waals surface area contributed by atoms with Crippen LogP contribution in [0.4, 0.5) is 5.69 Å². The molecule has 0 aliphatic rings. The lowest BCUT2D eigenvalue weighted by atomic mass is 10.1. The van der Waals surface area contributed by atoms with E-state index in [0.29, 0.717) is 5.69 Å². The molecule has 0 spiro atoms. The first-order chi connectivity index (χ1) is 11.8. The van der Waals surface area contributed by atoms with Crippen LogP contribution in [-0.4, -0.2) is 29.1 Å². The van der Waals surface area contributed by atoms with Gasteiger partial charge in [0.2, 0.25) is 0 Å². The number of nitrogens with one attached hydrogen (secondary N) is 2. The lowest BCUT2D eigenvalue weighted by Crippen LogP contribution is -2.19. The van der Waals surface area contributed by atoms with E-state index in [2.05, 4.69) is 20.3 Å². The number of thiophene rings is 1. The van der Waals surface area contributed by atoms with Crippen LogP contribution < -0.4 is 5.32 Å². The number of pyridine rings is 1. The summed E-state index contributed by atoms with van der Waals surface area (Å²) in [5.74, 6) is -0.205. The van der Waals surface area contributed by atoms with Gasteiger partial charge in [0.05, 0.1) is 11.2 Å². The molecule has 3 aromatic heterocycles. The zero-order chi connectivity index (χ0) is 16.5. The maximum Gasteiger partial charge on any atom is 0.271 e. The second-order valence-electron chi connectivity index (χ2n) is 5.29. The van der Waals surface area contributed by atoms with Gasteiger partial charge in [-0.05, 0) is 35.7 Å². The summed E-state index contributed by atoms with van der Waals surface area (Å²) in [6.45, 7) is 0. The molecule has 3 heterocycles. The third kappa shape index (κ3) is 2.47. The van der Waals surface area contributed by atoms with Crippen molar-refractivity contribution in [2.45, 2.75) is 0 Å². The summed E-state index contributed by atoms with van der Waals surface area (Å²) in [4.78, 5) is 25.1. The normalized spacial score (nSPS) is 11.5. The van der Waals surface area contributed by atoms with Crippen molar-refractivity contribution >= 4 is 51.0 Å². The van der Waals surface area contributed by atoms with Crippen molar-refractivity contribution in [3.8, 4) is 0 Å². The van der Waals surface area contributed by atoms with Crippen molar-refractivity contribution in [3.63, 3.8) is 0 Å². The van der Waals surface area contributed by atoms with Gasteiger partial charge in [-0.25, -0.2) is 4.98 Å². The molecule has 0 atom stereocenters. The van der Waals surface area contributed by atoms with Crippen LogP contribution in [-0.2, 0) is 0 Å². The quantitative estimate of drug-likeness (QED) is 0.558. The first-order valence-electron chi connectivity index (χ1n) is 7.46. The maximum absolute atomic E-state index is 12.0. The highest BCUT2D eigenvalue weighted by Crippen LogP contribution is 2.30. The van der Waals surface area contributed by atoms with E-state index in [-0.39, 0.29) is 5.91 Å². The summed E-state index contributed by atoms with van der Waals surface area (Å²) in [5.41, 5.74) is 2.97. The number of fused-ring (bicyclic) bond motifs is 3. The molecule has 0 radical (unpaired) electrons. The first kappa shape index (κ1) is 14.6. The summed E-state index contributed by atoms with van der Waals surface area (Å²) in [6.07, 6.45) is 3.51. The lowest BCUT2D eigenvalue weighted by Gasteiger charge is -1.99. The fourth-order valence-corrected chi connectivity index (χ4v) is 3.27. The highest BCUT2D eigenvalue weighted by atomic mass is 32.1. The van der Waals surface area contributed by atoms with Gasteiger partial charge in [0.25, 0.3) is 5.91 Å². The van der Waals surface area contributed by atoms with Gasteiger partial charge in [-0.1, -0.05) is 6.07 Å². The number of carbonyl (C=O) groups is 1. The number of benzene rings is 1. The molecule has 1 aromatic carbocycles. The van der Waals surface area contributed by atoms with Crippen LogP contribution in [0.25, 0.3) is 21.8 Å². The highest BCUT2D eigenvalue weighted by Gasteiger charge is 2.14. The predicted octanol–water partition coefficient (Wildman–Crippen LogP) is 3.89. The Hall–Kier alpha value is -2.99. The Kier molecular flexibility index (Phi) is 3.59. The number of hydrogen-bond donors (Lipinski definition) is 2. The minimum atomic E-state index is -0.205. The Morgan fingerprint density at radius 2 is 2.21 bits per heavy atom. The van der Waals surface area contributed by atoms with E-state index >= 15 is 0 Å². The van der Waals surface area contributed by atoms with Crippen LogP contribution in [0.3, 0.4) is 0 Å². The second kappa shape index (κ2) is 5.90. The molecule has 2 N–H and O–H groups in total. The Morgan fingerprint density at radius 3 is 3.00 bits per heavy atom. The number of amides is 1. The van der Waals surface area contributed by atoms with Gasteiger partial charge in [-0.3, -0.25) is 9.79 Å².